The number of hydrogen-bond donors (Lipinski definition) is 2. The number of aromatic nitrogens is 12. The molecule has 0 fully saturated rings. The standard InChI is InChI=1S/C6H10N2O.2C5H9N3.C4H4O.5C4H10.2C3H3NO.2C3H3NS.7C2H6/c1-4(2)6-7-5(3)8-9-6;1-4(2)5-6-3-7-8-5;1-4(2)5-3-6-8-7-5;1-2-4-5-3-1;5*1-4(2)3;1-2-5-3-4-1;1-2-4-5-3-1;1-2-5-3-4-1;1-2-4-5-3-1;7*1-2/h4H,1-3H3;2*3-4H,1-2H3,(H,6,7,8);1-4H;5*4H,1-3H3;4*1-3H;7*1-2H3. The molecule has 0 aromatic carbocycles. The highest BCUT2D eigenvalue weighted by Crippen LogP contribution is 2.10. The summed E-state index contributed by atoms with van der Waals surface area (Å²) in [5, 5.41) is 27.4. The maximum Gasteiger partial charge on any atom is 0.229 e. The number of hydrogen-bond acceptors (Lipinski definition) is 16. The second-order valence-corrected chi connectivity index (χ2v) is 20.0. The van der Waals surface area contributed by atoms with Gasteiger partial charge in [-0.1, -0.05) is 253 Å². The first-order valence-electron chi connectivity index (χ1n) is 30.8. The van der Waals surface area contributed by atoms with Crippen LogP contribution in [0.1, 0.15) is 283 Å². The highest BCUT2D eigenvalue weighted by Gasteiger charge is 2.05. The summed E-state index contributed by atoms with van der Waals surface area (Å²) in [6.07, 6.45) is 17.6. The van der Waals surface area contributed by atoms with Crippen LogP contribution >= 0.6 is 22.9 Å². The van der Waals surface area contributed by atoms with Crippen molar-refractivity contribution < 1.29 is 17.9 Å². The van der Waals surface area contributed by atoms with Gasteiger partial charge in [0.2, 0.25) is 5.89 Å². The lowest BCUT2D eigenvalue weighted by Gasteiger charge is -1.93. The molecule has 8 heterocycles. The van der Waals surface area contributed by atoms with Crippen molar-refractivity contribution >= 4 is 22.9 Å². The van der Waals surface area contributed by atoms with Crippen LogP contribution in [0, 0.1) is 36.5 Å². The van der Waals surface area contributed by atoms with E-state index in [0.717, 1.165) is 41.1 Å². The van der Waals surface area contributed by atoms with Crippen molar-refractivity contribution in [3.05, 3.63) is 133 Å². The van der Waals surface area contributed by atoms with E-state index in [1.165, 1.54) is 36.8 Å². The van der Waals surface area contributed by atoms with Crippen molar-refractivity contribution in [2.24, 2.45) is 29.6 Å². The molecule has 8 aromatic rings. The first kappa shape index (κ1) is 107. The number of rotatable bonds is 3. The molecule has 18 heteroatoms. The number of aromatic amines is 2. The molecule has 0 spiro atoms. The van der Waals surface area contributed by atoms with E-state index >= 15 is 0 Å². The van der Waals surface area contributed by atoms with Crippen LogP contribution in [0.25, 0.3) is 0 Å². The van der Waals surface area contributed by atoms with E-state index in [2.05, 4.69) is 205 Å². The lowest BCUT2D eigenvalue weighted by atomic mass is 10.2. The van der Waals surface area contributed by atoms with Crippen LogP contribution in [0.2, 0.25) is 0 Å². The smallest absolute Gasteiger partial charge is 0.229 e. The summed E-state index contributed by atoms with van der Waals surface area (Å²) in [6.45, 7) is 74.7. The zero-order valence-corrected chi connectivity index (χ0v) is 62.6. The Morgan fingerprint density at radius 2 is 0.964 bits per heavy atom. The zero-order chi connectivity index (χ0) is 68.4. The summed E-state index contributed by atoms with van der Waals surface area (Å²) in [7, 11) is 0. The minimum Gasteiger partial charge on any atom is -0.473 e. The third-order valence-electron chi connectivity index (χ3n) is 4.86. The lowest BCUT2D eigenvalue weighted by molar-refractivity contribution is 0.362. The molecule has 8 aromatic heterocycles. The normalized spacial score (nSPS) is 8.14. The van der Waals surface area contributed by atoms with Gasteiger partial charge in [-0.15, -0.1) is 11.3 Å². The van der Waals surface area contributed by atoms with E-state index in [4.69, 9.17) is 4.52 Å². The molecule has 0 bridgehead atoms. The number of aryl methyl sites for hydroxylation is 1. The van der Waals surface area contributed by atoms with E-state index in [1.54, 1.807) is 66.4 Å². The van der Waals surface area contributed by atoms with Gasteiger partial charge in [0.25, 0.3) is 0 Å². The van der Waals surface area contributed by atoms with Crippen LogP contribution in [0.5, 0.6) is 0 Å². The molecule has 16 nitrogen and oxygen atoms in total. The summed E-state index contributed by atoms with van der Waals surface area (Å²) in [5.41, 5.74) is 2.81. The van der Waals surface area contributed by atoms with E-state index < -0.39 is 0 Å². The predicted molar refractivity (Wildman–Crippen MR) is 372 cm³/mol. The number of thiazole rings is 1. The Morgan fingerprint density at radius 1 is 0.476 bits per heavy atom. The molecule has 8 rings (SSSR count). The van der Waals surface area contributed by atoms with Crippen LogP contribution in [-0.2, 0) is 0 Å². The molecule has 0 unspecified atom stereocenters. The molecule has 0 aliphatic heterocycles. The molecular formula is C66H136N12O4S2. The molecule has 0 saturated heterocycles. The van der Waals surface area contributed by atoms with Gasteiger partial charge < -0.3 is 17.9 Å². The van der Waals surface area contributed by atoms with Crippen LogP contribution in [0.15, 0.2) is 127 Å². The number of nitrogens with zero attached hydrogens (tertiary/aromatic N) is 10. The Labute approximate surface area is 527 Å². The molecule has 0 amide bonds. The van der Waals surface area contributed by atoms with Gasteiger partial charge in [0.05, 0.1) is 42.3 Å². The molecule has 0 aliphatic carbocycles. The minimum absolute atomic E-state index is 0.339. The van der Waals surface area contributed by atoms with Crippen molar-refractivity contribution in [2.45, 2.75) is 267 Å². The molecule has 84 heavy (non-hydrogen) atoms. The first-order chi connectivity index (χ1) is 40.0. The summed E-state index contributed by atoms with van der Waals surface area (Å²) in [6, 6.07) is 7.30. The third-order valence-corrected chi connectivity index (χ3v) is 5.90. The van der Waals surface area contributed by atoms with Gasteiger partial charge >= 0.3 is 0 Å². The van der Waals surface area contributed by atoms with Crippen molar-refractivity contribution in [1.82, 2.24) is 60.2 Å². The molecular weight excluding hydrogens is 1090 g/mol. The fourth-order valence-electron chi connectivity index (χ4n) is 2.46. The maximum atomic E-state index is 4.86. The van der Waals surface area contributed by atoms with Crippen LogP contribution < -0.4 is 0 Å². The predicted octanol–water partition coefficient (Wildman–Crippen LogP) is 23.8. The van der Waals surface area contributed by atoms with Crippen molar-refractivity contribution in [2.75, 3.05) is 0 Å². The van der Waals surface area contributed by atoms with E-state index in [9.17, 15) is 0 Å². The Morgan fingerprint density at radius 3 is 1.10 bits per heavy atom. The Hall–Kier alpha value is -5.62. The summed E-state index contributed by atoms with van der Waals surface area (Å²) in [5.74, 6) is 7.81. The summed E-state index contributed by atoms with van der Waals surface area (Å²) >= 11 is 3.06. The summed E-state index contributed by atoms with van der Waals surface area (Å²) in [4.78, 5) is 15.3. The minimum atomic E-state index is 0.339. The maximum absolute atomic E-state index is 4.86. The number of nitrogens with one attached hydrogen (secondary N) is 2. The molecule has 496 valence electrons. The van der Waals surface area contributed by atoms with Crippen LogP contribution in [-0.4, -0.2) is 60.2 Å². The lowest BCUT2D eigenvalue weighted by Crippen LogP contribution is -1.88. The van der Waals surface area contributed by atoms with Gasteiger partial charge in [0.1, 0.15) is 24.7 Å². The monoisotopic (exact) mass is 1230 g/mol. The van der Waals surface area contributed by atoms with E-state index in [0.29, 0.717) is 29.5 Å². The number of oxazole rings is 1. The Bertz CT molecular complexity index is 1570. The Kier molecular flexibility index (Phi) is 130. The fourth-order valence-corrected chi connectivity index (χ4v) is 3.16. The average Bonchev–Trinajstić information content (AvgIpc) is 4.32. The zero-order valence-electron chi connectivity index (χ0n) is 60.9. The van der Waals surface area contributed by atoms with Crippen molar-refractivity contribution in [1.29, 1.82) is 0 Å². The molecule has 2 N–H and O–H groups in total. The van der Waals surface area contributed by atoms with Gasteiger partial charge in [0.15, 0.2) is 12.2 Å². The molecule has 0 atom stereocenters. The van der Waals surface area contributed by atoms with E-state index in [-0.39, 0.29) is 0 Å². The van der Waals surface area contributed by atoms with Crippen molar-refractivity contribution in [3.63, 3.8) is 0 Å². The van der Waals surface area contributed by atoms with Crippen molar-refractivity contribution in [3.8, 4) is 0 Å². The number of H-pyrrole nitrogens is 2. The van der Waals surface area contributed by atoms with Gasteiger partial charge in [-0.05, 0) is 78.2 Å². The van der Waals surface area contributed by atoms with Gasteiger partial charge in [-0.25, -0.2) is 14.3 Å². The third kappa shape index (κ3) is 147. The largest absolute Gasteiger partial charge is 0.473 e. The fraction of sp³-hybridized carbons (Fsp3) is 0.667. The molecule has 0 saturated carbocycles. The molecule has 0 radical (unpaired) electrons. The SMILES string of the molecule is CC.CC.CC.CC.CC.CC.CC.CC(C)C.CC(C)C.CC(C)C.CC(C)C.CC(C)C.CC(C)c1cn[nH]n1.CC(C)c1ncn[nH]1.Cc1noc(C(C)C)n1.c1ccoc1.c1cnoc1.c1cnsc1.c1cocn1.c1cscn1. The topological polar surface area (TPSA) is 213 Å². The Balaban J connectivity index is -0.0000000662. The average molecular weight is 1230 g/mol. The van der Waals surface area contributed by atoms with Gasteiger partial charge in [-0.3, -0.25) is 10.1 Å². The van der Waals surface area contributed by atoms with E-state index in [1.807, 2.05) is 147 Å². The second kappa shape index (κ2) is 102. The highest BCUT2D eigenvalue weighted by atomic mass is 32.1. The highest BCUT2D eigenvalue weighted by molar-refractivity contribution is 7.07. The molecule has 0 aliphatic rings. The van der Waals surface area contributed by atoms with Gasteiger partial charge in [0, 0.05) is 35.0 Å². The summed E-state index contributed by atoms with van der Waals surface area (Å²) < 4.78 is 22.0. The van der Waals surface area contributed by atoms with Crippen LogP contribution in [0.3, 0.4) is 0 Å². The second-order valence-electron chi connectivity index (χ2n) is 18.6. The first-order valence-corrected chi connectivity index (χ1v) is 32.6. The number of furan rings is 1. The quantitative estimate of drug-likeness (QED) is 0.168. The van der Waals surface area contributed by atoms with Crippen LogP contribution in [0.4, 0.5) is 0 Å². The van der Waals surface area contributed by atoms with Gasteiger partial charge in [-0.2, -0.15) is 25.5 Å².